The minimum atomic E-state index is -1.76. The van der Waals surface area contributed by atoms with E-state index in [1.807, 2.05) is 0 Å². The van der Waals surface area contributed by atoms with Crippen LogP contribution in [0.15, 0.2) is 15.8 Å². The molecule has 0 spiro atoms. The van der Waals surface area contributed by atoms with Crippen molar-refractivity contribution in [2.75, 3.05) is 6.61 Å². The van der Waals surface area contributed by atoms with Gasteiger partial charge < -0.3 is 20.1 Å². The summed E-state index contributed by atoms with van der Waals surface area (Å²) in [7, 11) is 0. The topological polar surface area (TPSA) is 125 Å². The van der Waals surface area contributed by atoms with Crippen LogP contribution in [0.3, 0.4) is 0 Å². The predicted octanol–water partition coefficient (Wildman–Crippen LogP) is -2.15. The second-order valence-corrected chi connectivity index (χ2v) is 4.86. The van der Waals surface area contributed by atoms with Crippen molar-refractivity contribution in [1.82, 2.24) is 9.55 Å². The molecule has 2 heterocycles. The fourth-order valence-corrected chi connectivity index (χ4v) is 2.15. The van der Waals surface area contributed by atoms with Crippen LogP contribution in [-0.4, -0.2) is 49.3 Å². The average molecular weight is 272 g/mol. The Bertz CT molecular complexity index is 590. The lowest BCUT2D eigenvalue weighted by Gasteiger charge is -2.27. The monoisotopic (exact) mass is 272 g/mol. The number of nitrogens with one attached hydrogen (secondary N) is 1. The lowest BCUT2D eigenvalue weighted by Crippen LogP contribution is -2.47. The molecule has 1 aromatic heterocycles. The van der Waals surface area contributed by atoms with Gasteiger partial charge in [-0.15, -0.1) is 0 Å². The Labute approximate surface area is 107 Å². The smallest absolute Gasteiger partial charge is 0.330 e. The van der Waals surface area contributed by atoms with Crippen LogP contribution in [0.2, 0.25) is 0 Å². The van der Waals surface area contributed by atoms with Gasteiger partial charge in [-0.05, 0) is 13.8 Å². The van der Waals surface area contributed by atoms with Crippen LogP contribution in [0.25, 0.3) is 0 Å². The SMILES string of the molecule is Cc1cn(C2OC(CO)C(O)C2(C)O)c(=O)[nH]c1=O. The highest BCUT2D eigenvalue weighted by molar-refractivity contribution is 5.05. The van der Waals surface area contributed by atoms with E-state index >= 15 is 0 Å². The molecule has 4 unspecified atom stereocenters. The number of rotatable bonds is 2. The third-order valence-corrected chi connectivity index (χ3v) is 3.33. The van der Waals surface area contributed by atoms with Crippen LogP contribution in [-0.2, 0) is 4.74 Å². The zero-order chi connectivity index (χ0) is 14.4. The van der Waals surface area contributed by atoms with Gasteiger partial charge in [-0.2, -0.15) is 0 Å². The molecule has 0 radical (unpaired) electrons. The first-order valence-electron chi connectivity index (χ1n) is 5.78. The van der Waals surface area contributed by atoms with Crippen molar-refractivity contribution >= 4 is 0 Å². The zero-order valence-electron chi connectivity index (χ0n) is 10.5. The number of hydrogen-bond acceptors (Lipinski definition) is 6. The quantitative estimate of drug-likeness (QED) is 0.486. The molecule has 0 bridgehead atoms. The summed E-state index contributed by atoms with van der Waals surface area (Å²) in [4.78, 5) is 25.1. The summed E-state index contributed by atoms with van der Waals surface area (Å²) in [5.74, 6) is 0. The molecule has 4 N–H and O–H groups in total. The van der Waals surface area contributed by atoms with Crippen molar-refractivity contribution in [3.8, 4) is 0 Å². The predicted molar refractivity (Wildman–Crippen MR) is 63.7 cm³/mol. The molecule has 106 valence electrons. The summed E-state index contributed by atoms with van der Waals surface area (Å²) in [6.07, 6.45) is -2.30. The van der Waals surface area contributed by atoms with E-state index < -0.39 is 41.9 Å². The van der Waals surface area contributed by atoms with E-state index in [1.165, 1.54) is 20.0 Å². The maximum absolute atomic E-state index is 11.7. The van der Waals surface area contributed by atoms with Crippen LogP contribution >= 0.6 is 0 Å². The lowest BCUT2D eigenvalue weighted by molar-refractivity contribution is -0.0988. The maximum atomic E-state index is 11.7. The third kappa shape index (κ3) is 2.12. The van der Waals surface area contributed by atoms with Gasteiger partial charge in [0.2, 0.25) is 0 Å². The van der Waals surface area contributed by atoms with Crippen LogP contribution in [0.5, 0.6) is 0 Å². The maximum Gasteiger partial charge on any atom is 0.330 e. The van der Waals surface area contributed by atoms with Crippen molar-refractivity contribution in [2.45, 2.75) is 37.9 Å². The number of ether oxygens (including phenoxy) is 1. The number of H-pyrrole nitrogens is 1. The molecular weight excluding hydrogens is 256 g/mol. The molecule has 1 saturated heterocycles. The van der Waals surface area contributed by atoms with E-state index in [9.17, 15) is 19.8 Å². The Balaban J connectivity index is 2.51. The van der Waals surface area contributed by atoms with E-state index in [2.05, 4.69) is 4.98 Å². The van der Waals surface area contributed by atoms with Gasteiger partial charge in [0.15, 0.2) is 6.23 Å². The first-order chi connectivity index (χ1) is 8.78. The summed E-state index contributed by atoms with van der Waals surface area (Å²) < 4.78 is 6.29. The van der Waals surface area contributed by atoms with E-state index in [4.69, 9.17) is 9.84 Å². The molecule has 2 rings (SSSR count). The Hall–Kier alpha value is -1.48. The molecule has 19 heavy (non-hydrogen) atoms. The Morgan fingerprint density at radius 2 is 2.16 bits per heavy atom. The first kappa shape index (κ1) is 13.9. The summed E-state index contributed by atoms with van der Waals surface area (Å²) in [5, 5.41) is 29.1. The van der Waals surface area contributed by atoms with Gasteiger partial charge in [0.1, 0.15) is 17.8 Å². The van der Waals surface area contributed by atoms with Crippen molar-refractivity contribution < 1.29 is 20.1 Å². The van der Waals surface area contributed by atoms with Crippen molar-refractivity contribution in [3.05, 3.63) is 32.6 Å². The van der Waals surface area contributed by atoms with Gasteiger partial charge in [0, 0.05) is 11.8 Å². The largest absolute Gasteiger partial charge is 0.394 e. The fourth-order valence-electron chi connectivity index (χ4n) is 2.15. The molecule has 0 aromatic carbocycles. The molecule has 1 aromatic rings. The second-order valence-electron chi connectivity index (χ2n) is 4.86. The molecule has 0 aliphatic carbocycles. The Kier molecular flexibility index (Phi) is 3.35. The summed E-state index contributed by atoms with van der Waals surface area (Å²) in [5.41, 5.74) is -2.78. The van der Waals surface area contributed by atoms with E-state index in [0.29, 0.717) is 0 Å². The van der Waals surface area contributed by atoms with Crippen LogP contribution in [0, 0.1) is 6.92 Å². The normalized spacial score (nSPS) is 34.7. The highest BCUT2D eigenvalue weighted by Crippen LogP contribution is 2.37. The number of hydrogen-bond donors (Lipinski definition) is 4. The minimum absolute atomic E-state index is 0.265. The van der Waals surface area contributed by atoms with Gasteiger partial charge >= 0.3 is 5.69 Å². The standard InChI is InChI=1S/C11H16N2O6/c1-5-3-13(10(17)12-8(5)16)9-11(2,18)7(15)6(4-14)19-9/h3,6-7,9,14-15,18H,4H2,1-2H3,(H,12,16,17). The van der Waals surface area contributed by atoms with Crippen molar-refractivity contribution in [1.29, 1.82) is 0 Å². The van der Waals surface area contributed by atoms with Gasteiger partial charge in [-0.3, -0.25) is 14.3 Å². The molecule has 8 heteroatoms. The van der Waals surface area contributed by atoms with E-state index in [1.54, 1.807) is 0 Å². The molecular formula is C11H16N2O6. The number of aromatic nitrogens is 2. The molecule has 1 aliphatic rings. The average Bonchev–Trinajstić information content (AvgIpc) is 2.56. The van der Waals surface area contributed by atoms with Gasteiger partial charge in [0.05, 0.1) is 6.61 Å². The molecule has 0 amide bonds. The number of aromatic amines is 1. The Morgan fingerprint density at radius 1 is 1.53 bits per heavy atom. The van der Waals surface area contributed by atoms with E-state index in [0.717, 1.165) is 4.57 Å². The molecule has 0 saturated carbocycles. The first-order valence-corrected chi connectivity index (χ1v) is 5.78. The summed E-state index contributed by atoms with van der Waals surface area (Å²) in [6.45, 7) is 2.30. The fraction of sp³-hybridized carbons (Fsp3) is 0.636. The molecule has 1 fully saturated rings. The third-order valence-electron chi connectivity index (χ3n) is 3.33. The van der Waals surface area contributed by atoms with Crippen LogP contribution in [0.1, 0.15) is 18.7 Å². The zero-order valence-corrected chi connectivity index (χ0v) is 10.5. The van der Waals surface area contributed by atoms with Gasteiger partial charge in [-0.1, -0.05) is 0 Å². The van der Waals surface area contributed by atoms with E-state index in [-0.39, 0.29) is 5.56 Å². The second kappa shape index (κ2) is 4.57. The minimum Gasteiger partial charge on any atom is -0.394 e. The van der Waals surface area contributed by atoms with Gasteiger partial charge in [0.25, 0.3) is 5.56 Å². The summed E-state index contributed by atoms with van der Waals surface area (Å²) in [6, 6.07) is 0. The molecule has 1 aliphatic heterocycles. The highest BCUT2D eigenvalue weighted by atomic mass is 16.6. The van der Waals surface area contributed by atoms with Crippen molar-refractivity contribution in [2.24, 2.45) is 0 Å². The Morgan fingerprint density at radius 3 is 2.68 bits per heavy atom. The summed E-state index contributed by atoms with van der Waals surface area (Å²) >= 11 is 0. The number of aliphatic hydroxyl groups is 3. The van der Waals surface area contributed by atoms with Gasteiger partial charge in [-0.25, -0.2) is 4.79 Å². The number of nitrogens with zero attached hydrogens (tertiary/aromatic N) is 1. The van der Waals surface area contributed by atoms with Crippen LogP contribution < -0.4 is 11.2 Å². The molecule has 4 atom stereocenters. The highest BCUT2D eigenvalue weighted by Gasteiger charge is 2.53. The number of aryl methyl sites for hydroxylation is 1. The van der Waals surface area contributed by atoms with Crippen LogP contribution in [0.4, 0.5) is 0 Å². The molecule has 8 nitrogen and oxygen atoms in total. The van der Waals surface area contributed by atoms with Crippen molar-refractivity contribution in [3.63, 3.8) is 0 Å². The number of aliphatic hydroxyl groups excluding tert-OH is 2. The lowest BCUT2D eigenvalue weighted by atomic mass is 9.96.